The Bertz CT molecular complexity index is 430. The van der Waals surface area contributed by atoms with E-state index in [9.17, 15) is 0 Å². The molecule has 0 aromatic heterocycles. The lowest BCUT2D eigenvalue weighted by atomic mass is 10.1. The molecule has 0 aliphatic carbocycles. The van der Waals surface area contributed by atoms with Gasteiger partial charge in [0.1, 0.15) is 5.84 Å². The van der Waals surface area contributed by atoms with Crippen LogP contribution in [0, 0.1) is 5.41 Å². The number of hydrogen-bond donors (Lipinski definition) is 2. The average molecular weight is 298 g/mol. The number of anilines is 1. The van der Waals surface area contributed by atoms with Gasteiger partial charge in [-0.25, -0.2) is 0 Å². The van der Waals surface area contributed by atoms with Crippen molar-refractivity contribution in [2.24, 2.45) is 5.73 Å². The van der Waals surface area contributed by atoms with Gasteiger partial charge in [0.25, 0.3) is 0 Å². The minimum atomic E-state index is 0.0871. The molecular weight excluding hydrogens is 282 g/mol. The molecular formula is C12H16BrN3O. The summed E-state index contributed by atoms with van der Waals surface area (Å²) in [4.78, 5) is 2.21. The number of hydrogen-bond acceptors (Lipinski definition) is 3. The first-order chi connectivity index (χ1) is 8.09. The van der Waals surface area contributed by atoms with Gasteiger partial charge in [-0.2, -0.15) is 0 Å². The van der Waals surface area contributed by atoms with E-state index in [0.29, 0.717) is 6.04 Å². The van der Waals surface area contributed by atoms with Crippen molar-refractivity contribution >= 4 is 27.5 Å². The number of benzene rings is 1. The molecule has 1 aromatic rings. The first-order valence-electron chi connectivity index (χ1n) is 5.54. The summed E-state index contributed by atoms with van der Waals surface area (Å²) in [7, 11) is 2.06. The summed E-state index contributed by atoms with van der Waals surface area (Å²) in [6, 6.07) is 6.16. The maximum Gasteiger partial charge on any atom is 0.122 e. The minimum absolute atomic E-state index is 0.0871. The molecule has 1 fully saturated rings. The van der Waals surface area contributed by atoms with Gasteiger partial charge in [0.15, 0.2) is 0 Å². The zero-order chi connectivity index (χ0) is 12.4. The molecule has 1 heterocycles. The maximum atomic E-state index is 7.40. The molecule has 5 heteroatoms. The molecule has 0 radical (unpaired) electrons. The first kappa shape index (κ1) is 12.4. The molecule has 1 saturated heterocycles. The summed E-state index contributed by atoms with van der Waals surface area (Å²) in [5, 5.41) is 7.40. The summed E-state index contributed by atoms with van der Waals surface area (Å²) in [6.45, 7) is 1.61. The zero-order valence-corrected chi connectivity index (χ0v) is 11.3. The van der Waals surface area contributed by atoms with E-state index in [1.807, 2.05) is 18.2 Å². The Morgan fingerprint density at radius 2 is 2.35 bits per heavy atom. The molecule has 17 heavy (non-hydrogen) atoms. The fourth-order valence-corrected chi connectivity index (χ4v) is 2.64. The lowest BCUT2D eigenvalue weighted by molar-refractivity contribution is 0.193. The molecule has 4 nitrogen and oxygen atoms in total. The highest BCUT2D eigenvalue weighted by atomic mass is 79.9. The van der Waals surface area contributed by atoms with E-state index >= 15 is 0 Å². The molecule has 1 aliphatic rings. The molecule has 0 saturated carbocycles. The van der Waals surface area contributed by atoms with Gasteiger partial charge in [-0.1, -0.05) is 0 Å². The van der Waals surface area contributed by atoms with Crippen molar-refractivity contribution in [2.45, 2.75) is 12.5 Å². The Kier molecular flexibility index (Phi) is 3.69. The molecule has 92 valence electrons. The molecule has 1 aromatic carbocycles. The standard InChI is InChI=1S/C12H16BrN3O/c1-16(9-4-5-17-7-9)11-3-2-8(12(14)15)6-10(11)13/h2-3,6,9H,4-5,7H2,1H3,(H3,14,15). The highest BCUT2D eigenvalue weighted by Gasteiger charge is 2.21. The summed E-state index contributed by atoms with van der Waals surface area (Å²) < 4.78 is 6.35. The third-order valence-electron chi connectivity index (χ3n) is 3.09. The number of halogens is 1. The number of amidine groups is 1. The van der Waals surface area contributed by atoms with Gasteiger partial charge in [-0.3, -0.25) is 5.41 Å². The van der Waals surface area contributed by atoms with Crippen LogP contribution in [0.15, 0.2) is 22.7 Å². The summed E-state index contributed by atoms with van der Waals surface area (Å²) in [6.07, 6.45) is 1.05. The van der Waals surface area contributed by atoms with E-state index < -0.39 is 0 Å². The van der Waals surface area contributed by atoms with Gasteiger partial charge in [0.2, 0.25) is 0 Å². The number of nitrogen functional groups attached to an aromatic ring is 1. The van der Waals surface area contributed by atoms with Crippen LogP contribution in [-0.4, -0.2) is 32.1 Å². The Balaban J connectivity index is 2.23. The number of nitrogens with two attached hydrogens (primary N) is 1. The van der Waals surface area contributed by atoms with Crippen LogP contribution in [0.2, 0.25) is 0 Å². The van der Waals surface area contributed by atoms with Gasteiger partial charge in [0.05, 0.1) is 18.3 Å². The van der Waals surface area contributed by atoms with Crippen molar-refractivity contribution in [2.75, 3.05) is 25.2 Å². The Hall–Kier alpha value is -1.07. The van der Waals surface area contributed by atoms with Gasteiger partial charge < -0.3 is 15.4 Å². The van der Waals surface area contributed by atoms with E-state index in [1.165, 1.54) is 0 Å². The van der Waals surface area contributed by atoms with Crippen LogP contribution in [0.4, 0.5) is 5.69 Å². The lowest BCUT2D eigenvalue weighted by Gasteiger charge is -2.26. The lowest BCUT2D eigenvalue weighted by Crippen LogP contribution is -2.32. The van der Waals surface area contributed by atoms with E-state index in [4.69, 9.17) is 15.9 Å². The molecule has 1 atom stereocenters. The van der Waals surface area contributed by atoms with Crippen molar-refractivity contribution in [1.29, 1.82) is 5.41 Å². The van der Waals surface area contributed by atoms with Gasteiger partial charge in [-0.15, -0.1) is 0 Å². The fourth-order valence-electron chi connectivity index (χ4n) is 1.98. The van der Waals surface area contributed by atoms with Crippen LogP contribution >= 0.6 is 15.9 Å². The van der Waals surface area contributed by atoms with Crippen molar-refractivity contribution in [3.8, 4) is 0 Å². The topological polar surface area (TPSA) is 62.3 Å². The van der Waals surface area contributed by atoms with Crippen LogP contribution < -0.4 is 10.6 Å². The number of ether oxygens (including phenoxy) is 1. The first-order valence-corrected chi connectivity index (χ1v) is 6.33. The van der Waals surface area contributed by atoms with Gasteiger partial charge in [-0.05, 0) is 40.5 Å². The van der Waals surface area contributed by atoms with Crippen LogP contribution in [0.25, 0.3) is 0 Å². The predicted octanol–water partition coefficient (Wildman–Crippen LogP) is 1.96. The molecule has 1 aliphatic heterocycles. The number of rotatable bonds is 3. The second-order valence-electron chi connectivity index (χ2n) is 4.21. The zero-order valence-electron chi connectivity index (χ0n) is 9.74. The summed E-state index contributed by atoms with van der Waals surface area (Å²) in [5.41, 5.74) is 7.30. The SMILES string of the molecule is CN(c1ccc(C(=N)N)cc1Br)C1CCOC1. The fraction of sp³-hybridized carbons (Fsp3) is 0.417. The molecule has 0 bridgehead atoms. The van der Waals surface area contributed by atoms with Gasteiger partial charge >= 0.3 is 0 Å². The van der Waals surface area contributed by atoms with E-state index in [1.54, 1.807) is 0 Å². The molecule has 0 spiro atoms. The largest absolute Gasteiger partial charge is 0.384 e. The van der Waals surface area contributed by atoms with Crippen LogP contribution in [-0.2, 0) is 4.74 Å². The number of likely N-dealkylation sites (N-methyl/N-ethyl adjacent to an activating group) is 1. The summed E-state index contributed by atoms with van der Waals surface area (Å²) >= 11 is 3.53. The van der Waals surface area contributed by atoms with Crippen molar-refractivity contribution in [3.05, 3.63) is 28.2 Å². The number of nitrogens with one attached hydrogen (secondary N) is 1. The summed E-state index contributed by atoms with van der Waals surface area (Å²) in [5.74, 6) is 0.0871. The average Bonchev–Trinajstić information content (AvgIpc) is 2.81. The Morgan fingerprint density at radius 3 is 2.88 bits per heavy atom. The molecule has 1 unspecified atom stereocenters. The van der Waals surface area contributed by atoms with Crippen LogP contribution in [0.5, 0.6) is 0 Å². The second kappa shape index (κ2) is 5.06. The maximum absolute atomic E-state index is 7.40. The van der Waals surface area contributed by atoms with Gasteiger partial charge in [0, 0.05) is 23.7 Å². The molecule has 3 N–H and O–H groups in total. The quantitative estimate of drug-likeness (QED) is 0.662. The van der Waals surface area contributed by atoms with Crippen molar-refractivity contribution < 1.29 is 4.74 Å². The van der Waals surface area contributed by atoms with Crippen LogP contribution in [0.1, 0.15) is 12.0 Å². The molecule has 0 amide bonds. The van der Waals surface area contributed by atoms with E-state index in [2.05, 4.69) is 27.9 Å². The Morgan fingerprint density at radius 1 is 1.59 bits per heavy atom. The third-order valence-corrected chi connectivity index (χ3v) is 3.73. The highest BCUT2D eigenvalue weighted by Crippen LogP contribution is 2.29. The minimum Gasteiger partial charge on any atom is -0.384 e. The van der Waals surface area contributed by atoms with E-state index in [0.717, 1.165) is 35.4 Å². The van der Waals surface area contributed by atoms with Crippen molar-refractivity contribution in [1.82, 2.24) is 0 Å². The highest BCUT2D eigenvalue weighted by molar-refractivity contribution is 9.10. The number of nitrogens with zero attached hydrogens (tertiary/aromatic N) is 1. The smallest absolute Gasteiger partial charge is 0.122 e. The molecule has 2 rings (SSSR count). The normalized spacial score (nSPS) is 19.3. The van der Waals surface area contributed by atoms with E-state index in [-0.39, 0.29) is 5.84 Å². The monoisotopic (exact) mass is 297 g/mol. The predicted molar refractivity (Wildman–Crippen MR) is 72.8 cm³/mol. The third kappa shape index (κ3) is 2.61. The van der Waals surface area contributed by atoms with Crippen LogP contribution in [0.3, 0.4) is 0 Å². The Labute approximate surface area is 109 Å². The second-order valence-corrected chi connectivity index (χ2v) is 5.06. The van der Waals surface area contributed by atoms with Crippen molar-refractivity contribution in [3.63, 3.8) is 0 Å².